The van der Waals surface area contributed by atoms with E-state index in [4.69, 9.17) is 4.42 Å². The summed E-state index contributed by atoms with van der Waals surface area (Å²) in [5, 5.41) is 4.90. The molecule has 0 unspecified atom stereocenters. The zero-order valence-corrected chi connectivity index (χ0v) is 34.0. The Hall–Kier alpha value is -6.00. The second kappa shape index (κ2) is 10.7. The number of fused-ring (bicyclic) bond motifs is 15. The molecule has 0 amide bonds. The largest absolute Gasteiger partial charge is 0.456 e. The molecular formula is C53H45BN2O. The lowest BCUT2D eigenvalue weighted by molar-refractivity contribution is 0.590. The molecule has 0 fully saturated rings. The Balaban J connectivity index is 1.27. The van der Waals surface area contributed by atoms with Crippen molar-refractivity contribution >= 4 is 72.9 Å². The Morgan fingerprint density at radius 1 is 0.544 bits per heavy atom. The quantitative estimate of drug-likeness (QED) is 0.157. The topological polar surface area (TPSA) is 21.3 Å². The fourth-order valence-electron chi connectivity index (χ4n) is 10.8. The molecule has 3 nitrogen and oxygen atoms in total. The highest BCUT2D eigenvalue weighted by Gasteiger charge is 2.46. The first kappa shape index (κ1) is 33.2. The van der Waals surface area contributed by atoms with Crippen LogP contribution in [0.2, 0.25) is 0 Å². The number of anilines is 2. The minimum absolute atomic E-state index is 0.00257. The highest BCUT2D eigenvalue weighted by Crippen LogP contribution is 2.52. The van der Waals surface area contributed by atoms with Gasteiger partial charge in [0.15, 0.2) is 0 Å². The van der Waals surface area contributed by atoms with Gasteiger partial charge >= 0.3 is 6.85 Å². The van der Waals surface area contributed by atoms with Gasteiger partial charge in [0.25, 0.3) is 0 Å². The van der Waals surface area contributed by atoms with Crippen molar-refractivity contribution in [3.63, 3.8) is 0 Å². The van der Waals surface area contributed by atoms with E-state index in [0.29, 0.717) is 0 Å². The van der Waals surface area contributed by atoms with Gasteiger partial charge in [0.1, 0.15) is 11.2 Å². The molecule has 2 aliphatic heterocycles. The summed E-state index contributed by atoms with van der Waals surface area (Å²) in [6.07, 6.45) is 0. The van der Waals surface area contributed by atoms with Gasteiger partial charge < -0.3 is 13.8 Å². The number of hydrogen-bond acceptors (Lipinski definition) is 2. The van der Waals surface area contributed by atoms with E-state index in [1.165, 1.54) is 99.7 Å². The van der Waals surface area contributed by atoms with Crippen molar-refractivity contribution in [3.05, 3.63) is 150 Å². The molecule has 2 aromatic heterocycles. The summed E-state index contributed by atoms with van der Waals surface area (Å²) in [5.74, 6) is 0. The zero-order valence-electron chi connectivity index (χ0n) is 34.0. The molecule has 276 valence electrons. The molecule has 9 aromatic rings. The molecule has 4 heteroatoms. The first-order chi connectivity index (χ1) is 27.3. The smallest absolute Gasteiger partial charge is 0.333 e. The van der Waals surface area contributed by atoms with Crippen molar-refractivity contribution in [2.75, 3.05) is 4.81 Å². The van der Waals surface area contributed by atoms with E-state index in [1.807, 2.05) is 0 Å². The average Bonchev–Trinajstić information content (AvgIpc) is 3.81. The van der Waals surface area contributed by atoms with Gasteiger partial charge in [-0.1, -0.05) is 134 Å². The van der Waals surface area contributed by atoms with Gasteiger partial charge in [-0.25, -0.2) is 0 Å². The summed E-state index contributed by atoms with van der Waals surface area (Å²) in [7, 11) is 0. The summed E-state index contributed by atoms with van der Waals surface area (Å²) in [6.45, 7) is 18.6. The summed E-state index contributed by atoms with van der Waals surface area (Å²) >= 11 is 0. The third-order valence-electron chi connectivity index (χ3n) is 13.7. The highest BCUT2D eigenvalue weighted by molar-refractivity contribution is 6.93. The van der Waals surface area contributed by atoms with Crippen molar-refractivity contribution in [1.82, 2.24) is 4.57 Å². The fourth-order valence-corrected chi connectivity index (χ4v) is 10.8. The van der Waals surface area contributed by atoms with Crippen molar-refractivity contribution < 1.29 is 4.42 Å². The van der Waals surface area contributed by atoms with E-state index >= 15 is 0 Å². The SMILES string of the molecule is CC(C)(C)c1ccc(N2B3c4cc5c(cc4-n4c6ccc7oc8ccccc8c7c6c6ccc(c3c64)-c3cc(C(C)(C)C)ccc32)C(C)(C)c2ccccc2-5)cc1. The lowest BCUT2D eigenvalue weighted by Crippen LogP contribution is -2.60. The van der Waals surface area contributed by atoms with E-state index in [1.54, 1.807) is 0 Å². The van der Waals surface area contributed by atoms with Crippen LogP contribution in [0.3, 0.4) is 0 Å². The van der Waals surface area contributed by atoms with Crippen LogP contribution in [-0.2, 0) is 16.2 Å². The van der Waals surface area contributed by atoms with Crippen molar-refractivity contribution in [3.8, 4) is 27.9 Å². The van der Waals surface area contributed by atoms with Crippen LogP contribution in [0.25, 0.3) is 71.7 Å². The van der Waals surface area contributed by atoms with E-state index in [0.717, 1.165) is 16.6 Å². The summed E-state index contributed by atoms with van der Waals surface area (Å²) in [6, 6.07) is 48.7. The molecule has 57 heavy (non-hydrogen) atoms. The third kappa shape index (κ3) is 4.23. The van der Waals surface area contributed by atoms with E-state index in [-0.39, 0.29) is 23.1 Å². The molecule has 4 heterocycles. The Morgan fingerprint density at radius 2 is 1.28 bits per heavy atom. The standard InChI is InChI=1S/C53H45BN2O/c1-51(2,3)30-17-20-32(21-18-30)56-42-24-19-31(52(4,5)6)27-38(42)34-22-23-36-47-43(25-26-46-48(47)35-14-10-12-16-45(35)57-46)55-44-29-40-37(28-41(44)54(56)49(34)50(36)55)33-13-9-11-15-39(33)53(40,7)8/h9-29H,1-8H3. The van der Waals surface area contributed by atoms with Crippen LogP contribution in [0.4, 0.5) is 11.4 Å². The second-order valence-electron chi connectivity index (χ2n) is 19.4. The lowest BCUT2D eigenvalue weighted by Gasteiger charge is -2.43. The molecule has 12 rings (SSSR count). The molecule has 7 aromatic carbocycles. The van der Waals surface area contributed by atoms with Crippen LogP contribution >= 0.6 is 0 Å². The van der Waals surface area contributed by atoms with Crippen LogP contribution in [0.5, 0.6) is 0 Å². The van der Waals surface area contributed by atoms with Gasteiger partial charge in [0.05, 0.1) is 11.0 Å². The molecule has 0 bridgehead atoms. The number of benzene rings is 7. The Morgan fingerprint density at radius 3 is 2.07 bits per heavy atom. The van der Waals surface area contributed by atoms with E-state index in [9.17, 15) is 0 Å². The molecular weight excluding hydrogens is 691 g/mol. The maximum atomic E-state index is 6.55. The number of furan rings is 1. The summed E-state index contributed by atoms with van der Waals surface area (Å²) < 4.78 is 9.17. The first-order valence-corrected chi connectivity index (χ1v) is 20.6. The number of aromatic nitrogens is 1. The monoisotopic (exact) mass is 736 g/mol. The first-order valence-electron chi connectivity index (χ1n) is 20.6. The molecule has 0 saturated carbocycles. The van der Waals surface area contributed by atoms with Gasteiger partial charge in [0.2, 0.25) is 0 Å². The van der Waals surface area contributed by atoms with Crippen LogP contribution in [-0.4, -0.2) is 11.4 Å². The Labute approximate surface area is 334 Å². The van der Waals surface area contributed by atoms with Crippen molar-refractivity contribution in [2.45, 2.75) is 71.6 Å². The minimum Gasteiger partial charge on any atom is -0.456 e. The van der Waals surface area contributed by atoms with Crippen LogP contribution < -0.4 is 15.7 Å². The number of rotatable bonds is 1. The van der Waals surface area contributed by atoms with Crippen LogP contribution in [0.1, 0.15) is 77.6 Å². The maximum absolute atomic E-state index is 6.55. The normalized spacial score (nSPS) is 15.1. The highest BCUT2D eigenvalue weighted by atomic mass is 16.3. The third-order valence-corrected chi connectivity index (χ3v) is 13.7. The predicted octanol–water partition coefficient (Wildman–Crippen LogP) is 12.8. The van der Waals surface area contributed by atoms with Gasteiger partial charge in [0, 0.05) is 49.6 Å². The predicted molar refractivity (Wildman–Crippen MR) is 242 cm³/mol. The van der Waals surface area contributed by atoms with Gasteiger partial charge in [-0.15, -0.1) is 0 Å². The van der Waals surface area contributed by atoms with Gasteiger partial charge in [-0.05, 0) is 109 Å². The van der Waals surface area contributed by atoms with Gasteiger partial charge in [-0.3, -0.25) is 0 Å². The summed E-state index contributed by atoms with van der Waals surface area (Å²) in [5.41, 5.74) is 21.5. The van der Waals surface area contributed by atoms with Gasteiger partial charge in [-0.2, -0.15) is 0 Å². The Bertz CT molecular complexity index is 3230. The van der Waals surface area contributed by atoms with Crippen LogP contribution in [0, 0.1) is 0 Å². The number of nitrogens with zero attached hydrogens (tertiary/aromatic N) is 2. The summed E-state index contributed by atoms with van der Waals surface area (Å²) in [4.78, 5) is 2.66. The maximum Gasteiger partial charge on any atom is 0.333 e. The lowest BCUT2D eigenvalue weighted by atomic mass is 9.43. The van der Waals surface area contributed by atoms with Crippen molar-refractivity contribution in [1.29, 1.82) is 0 Å². The zero-order chi connectivity index (χ0) is 38.9. The molecule has 0 N–H and O–H groups in total. The minimum atomic E-state index is -0.135. The van der Waals surface area contributed by atoms with Crippen LogP contribution in [0.15, 0.2) is 132 Å². The molecule has 0 saturated heterocycles. The Kier molecular flexibility index (Phi) is 6.22. The molecule has 0 spiro atoms. The van der Waals surface area contributed by atoms with E-state index < -0.39 is 0 Å². The molecule has 0 radical (unpaired) electrons. The number of para-hydroxylation sites is 1. The molecule has 0 atom stereocenters. The second-order valence-corrected chi connectivity index (χ2v) is 19.4. The van der Waals surface area contributed by atoms with E-state index in [2.05, 4.69) is 192 Å². The molecule has 1 aliphatic carbocycles. The average molecular weight is 737 g/mol. The molecule has 3 aliphatic rings. The van der Waals surface area contributed by atoms with Crippen molar-refractivity contribution in [2.24, 2.45) is 0 Å². The number of hydrogen-bond donors (Lipinski definition) is 0. The fraction of sp³-hybridized carbons (Fsp3) is 0.208.